The lowest BCUT2D eigenvalue weighted by Gasteiger charge is -2.12. The fourth-order valence-corrected chi connectivity index (χ4v) is 3.36. The van der Waals surface area contributed by atoms with Crippen LogP contribution < -0.4 is 9.47 Å². The molecular formula is C25H22N2O2. The number of hydrogen-bond acceptors (Lipinski definition) is 4. The van der Waals surface area contributed by atoms with Gasteiger partial charge in [0.2, 0.25) is 0 Å². The summed E-state index contributed by atoms with van der Waals surface area (Å²) >= 11 is 0. The highest BCUT2D eigenvalue weighted by molar-refractivity contribution is 5.64. The van der Waals surface area contributed by atoms with E-state index in [1.807, 2.05) is 48.5 Å². The second-order valence-electron chi connectivity index (χ2n) is 6.75. The summed E-state index contributed by atoms with van der Waals surface area (Å²) in [5, 5.41) is 0. The Morgan fingerprint density at radius 3 is 1.48 bits per heavy atom. The molecule has 2 aromatic carbocycles. The smallest absolute Gasteiger partial charge is 0.119 e. The third-order valence-electron chi connectivity index (χ3n) is 4.73. The maximum absolute atomic E-state index is 5.53. The molecule has 0 bridgehead atoms. The highest BCUT2D eigenvalue weighted by atomic mass is 16.5. The van der Waals surface area contributed by atoms with Gasteiger partial charge in [-0.25, -0.2) is 0 Å². The van der Waals surface area contributed by atoms with E-state index in [2.05, 4.69) is 34.2 Å². The fourth-order valence-electron chi connectivity index (χ4n) is 3.36. The predicted octanol–water partition coefficient (Wildman–Crippen LogP) is 5.42. The molecule has 0 saturated carbocycles. The Kier molecular flexibility index (Phi) is 5.52. The molecule has 0 aliphatic rings. The van der Waals surface area contributed by atoms with E-state index in [9.17, 15) is 0 Å². The zero-order chi connectivity index (χ0) is 20.1. The molecule has 0 aliphatic heterocycles. The van der Waals surface area contributed by atoms with Crippen LogP contribution in [0, 0.1) is 0 Å². The molecule has 0 aliphatic carbocycles. The van der Waals surface area contributed by atoms with Crippen LogP contribution in [0.5, 0.6) is 11.5 Å². The summed E-state index contributed by atoms with van der Waals surface area (Å²) in [5.41, 5.74) is 6.20. The SMILES string of the molecule is COc1cc(Cc2cc(OC)cc(-c3ccccn3)c2)cc(-c2ccccn2)c1. The third kappa shape index (κ3) is 4.43. The number of hydrogen-bond donors (Lipinski definition) is 0. The third-order valence-corrected chi connectivity index (χ3v) is 4.73. The van der Waals surface area contributed by atoms with Crippen molar-refractivity contribution in [3.63, 3.8) is 0 Å². The number of ether oxygens (including phenoxy) is 2. The zero-order valence-electron chi connectivity index (χ0n) is 16.5. The highest BCUT2D eigenvalue weighted by Gasteiger charge is 2.09. The van der Waals surface area contributed by atoms with Gasteiger partial charge in [-0.3, -0.25) is 9.97 Å². The maximum Gasteiger partial charge on any atom is 0.119 e. The molecule has 29 heavy (non-hydrogen) atoms. The summed E-state index contributed by atoms with van der Waals surface area (Å²) in [6.07, 6.45) is 4.35. The Morgan fingerprint density at radius 2 is 1.10 bits per heavy atom. The van der Waals surface area contributed by atoms with Crippen LogP contribution in [0.1, 0.15) is 11.1 Å². The molecule has 0 atom stereocenters. The molecule has 2 heterocycles. The average Bonchev–Trinajstić information content (AvgIpc) is 2.79. The number of pyridine rings is 2. The van der Waals surface area contributed by atoms with Crippen molar-refractivity contribution in [2.75, 3.05) is 14.2 Å². The molecule has 2 aromatic heterocycles. The van der Waals surface area contributed by atoms with Crippen molar-refractivity contribution in [1.82, 2.24) is 9.97 Å². The number of methoxy groups -OCH3 is 2. The quantitative estimate of drug-likeness (QED) is 0.447. The first-order valence-electron chi connectivity index (χ1n) is 9.44. The van der Waals surface area contributed by atoms with Crippen molar-refractivity contribution in [3.8, 4) is 34.0 Å². The first-order chi connectivity index (χ1) is 14.2. The van der Waals surface area contributed by atoms with E-state index in [0.29, 0.717) is 0 Å². The standard InChI is InChI=1S/C25H22N2O2/c1-28-22-14-18(12-20(16-22)24-7-3-5-9-26-24)11-19-13-21(17-23(15-19)29-2)25-8-4-6-10-27-25/h3-10,12-17H,11H2,1-2H3. The molecule has 0 amide bonds. The minimum Gasteiger partial charge on any atom is -0.497 e. The highest BCUT2D eigenvalue weighted by Crippen LogP contribution is 2.29. The van der Waals surface area contributed by atoms with Crippen molar-refractivity contribution in [2.45, 2.75) is 6.42 Å². The van der Waals surface area contributed by atoms with Gasteiger partial charge in [-0.15, -0.1) is 0 Å². The predicted molar refractivity (Wildman–Crippen MR) is 115 cm³/mol. The van der Waals surface area contributed by atoms with E-state index in [1.165, 1.54) is 0 Å². The summed E-state index contributed by atoms with van der Waals surface area (Å²) < 4.78 is 11.1. The van der Waals surface area contributed by atoms with Crippen LogP contribution in [-0.2, 0) is 6.42 Å². The van der Waals surface area contributed by atoms with Crippen LogP contribution in [0.2, 0.25) is 0 Å². The maximum atomic E-state index is 5.53. The minimum absolute atomic E-state index is 0.744. The van der Waals surface area contributed by atoms with Gasteiger partial charge in [-0.05, 0) is 78.2 Å². The summed E-state index contributed by atoms with van der Waals surface area (Å²) in [4.78, 5) is 8.94. The summed E-state index contributed by atoms with van der Waals surface area (Å²) in [6, 6.07) is 24.3. The van der Waals surface area contributed by atoms with Crippen LogP contribution in [-0.4, -0.2) is 24.2 Å². The monoisotopic (exact) mass is 382 g/mol. The second kappa shape index (κ2) is 8.57. The van der Waals surface area contributed by atoms with Crippen molar-refractivity contribution < 1.29 is 9.47 Å². The van der Waals surface area contributed by atoms with Crippen LogP contribution in [0.25, 0.3) is 22.5 Å². The topological polar surface area (TPSA) is 44.2 Å². The van der Waals surface area contributed by atoms with Crippen LogP contribution in [0.3, 0.4) is 0 Å². The fraction of sp³-hybridized carbons (Fsp3) is 0.120. The lowest BCUT2D eigenvalue weighted by Crippen LogP contribution is -1.95. The van der Waals surface area contributed by atoms with Crippen molar-refractivity contribution in [2.24, 2.45) is 0 Å². The lowest BCUT2D eigenvalue weighted by atomic mass is 9.98. The lowest BCUT2D eigenvalue weighted by molar-refractivity contribution is 0.414. The molecule has 0 spiro atoms. The Morgan fingerprint density at radius 1 is 0.621 bits per heavy atom. The molecule has 4 rings (SSSR count). The number of benzene rings is 2. The number of aromatic nitrogens is 2. The normalized spacial score (nSPS) is 10.6. The van der Waals surface area contributed by atoms with Gasteiger partial charge in [0, 0.05) is 23.5 Å². The van der Waals surface area contributed by atoms with E-state index in [1.54, 1.807) is 26.6 Å². The van der Waals surface area contributed by atoms with Crippen molar-refractivity contribution in [1.29, 1.82) is 0 Å². The molecule has 4 heteroatoms. The van der Waals surface area contributed by atoms with Crippen molar-refractivity contribution >= 4 is 0 Å². The van der Waals surface area contributed by atoms with E-state index < -0.39 is 0 Å². The van der Waals surface area contributed by atoms with Crippen molar-refractivity contribution in [3.05, 3.63) is 96.3 Å². The summed E-state index contributed by atoms with van der Waals surface area (Å²) in [7, 11) is 3.37. The number of nitrogens with zero attached hydrogens (tertiary/aromatic N) is 2. The molecule has 144 valence electrons. The molecule has 4 aromatic rings. The van der Waals surface area contributed by atoms with E-state index in [4.69, 9.17) is 9.47 Å². The number of rotatable bonds is 6. The molecule has 4 nitrogen and oxygen atoms in total. The first-order valence-corrected chi connectivity index (χ1v) is 9.44. The zero-order valence-corrected chi connectivity index (χ0v) is 16.5. The minimum atomic E-state index is 0.744. The van der Waals surface area contributed by atoms with E-state index >= 15 is 0 Å². The first kappa shape index (κ1) is 18.7. The van der Waals surface area contributed by atoms with Gasteiger partial charge in [0.25, 0.3) is 0 Å². The van der Waals surface area contributed by atoms with Gasteiger partial charge in [0.05, 0.1) is 25.6 Å². The van der Waals surface area contributed by atoms with Gasteiger partial charge in [0.1, 0.15) is 11.5 Å². The molecule has 0 fully saturated rings. The summed E-state index contributed by atoms with van der Waals surface area (Å²) in [5.74, 6) is 1.63. The van der Waals surface area contributed by atoms with Gasteiger partial charge in [0.15, 0.2) is 0 Å². The second-order valence-corrected chi connectivity index (χ2v) is 6.75. The summed E-state index contributed by atoms with van der Waals surface area (Å²) in [6.45, 7) is 0. The molecule has 0 saturated heterocycles. The molecule has 0 unspecified atom stereocenters. The van der Waals surface area contributed by atoms with Gasteiger partial charge in [-0.2, -0.15) is 0 Å². The van der Waals surface area contributed by atoms with Crippen LogP contribution in [0.15, 0.2) is 85.2 Å². The molecule has 0 N–H and O–H groups in total. The molecule has 0 radical (unpaired) electrons. The average molecular weight is 382 g/mol. The van der Waals surface area contributed by atoms with Gasteiger partial charge >= 0.3 is 0 Å². The van der Waals surface area contributed by atoms with Gasteiger partial charge in [-0.1, -0.05) is 12.1 Å². The van der Waals surface area contributed by atoms with E-state index in [0.717, 1.165) is 51.6 Å². The largest absolute Gasteiger partial charge is 0.497 e. The Hall–Kier alpha value is -3.66. The van der Waals surface area contributed by atoms with Crippen LogP contribution >= 0.6 is 0 Å². The van der Waals surface area contributed by atoms with Crippen LogP contribution in [0.4, 0.5) is 0 Å². The van der Waals surface area contributed by atoms with Gasteiger partial charge < -0.3 is 9.47 Å². The Balaban J connectivity index is 1.72. The van der Waals surface area contributed by atoms with E-state index in [-0.39, 0.29) is 0 Å². The molecular weight excluding hydrogens is 360 g/mol. The Labute approximate surface area is 170 Å². The Bertz CT molecular complexity index is 1010.